The van der Waals surface area contributed by atoms with Gasteiger partial charge in [0, 0.05) is 19.2 Å². The minimum atomic E-state index is -4.56. The maximum absolute atomic E-state index is 12.7. The van der Waals surface area contributed by atoms with Gasteiger partial charge in [-0.3, -0.25) is 0 Å². The van der Waals surface area contributed by atoms with Crippen LogP contribution in [0.2, 0.25) is 0 Å². The van der Waals surface area contributed by atoms with E-state index in [2.05, 4.69) is 20.6 Å². The molecule has 0 aliphatic carbocycles. The average molecular weight is 291 g/mol. The second-order valence-electron chi connectivity index (χ2n) is 4.85. The van der Waals surface area contributed by atoms with E-state index < -0.39 is 12.0 Å². The lowest BCUT2D eigenvalue weighted by Crippen LogP contribution is -2.24. The first-order chi connectivity index (χ1) is 9.22. The molecule has 1 atom stereocenters. The molecule has 1 aromatic heterocycles. The van der Waals surface area contributed by atoms with E-state index in [1.54, 1.807) is 0 Å². The zero-order valence-corrected chi connectivity index (χ0v) is 12.0. The second kappa shape index (κ2) is 6.74. The van der Waals surface area contributed by atoms with Gasteiger partial charge in [-0.15, -0.1) is 0 Å². The molecule has 2 N–H and O–H groups in total. The summed E-state index contributed by atoms with van der Waals surface area (Å²) in [5.41, 5.74) is 0. The molecule has 114 valence electrons. The maximum atomic E-state index is 12.7. The van der Waals surface area contributed by atoms with Crippen molar-refractivity contribution in [3.8, 4) is 0 Å². The largest absolute Gasteiger partial charge is 0.451 e. The third-order valence-corrected chi connectivity index (χ3v) is 2.64. The fraction of sp³-hybridized carbons (Fsp3) is 0.667. The number of hydrogen-bond donors (Lipinski definition) is 2. The molecule has 5 nitrogen and oxygen atoms in total. The Hall–Kier alpha value is -1.57. The van der Waals surface area contributed by atoms with Crippen LogP contribution in [0.5, 0.6) is 0 Å². The van der Waals surface area contributed by atoms with Gasteiger partial charge in [-0.1, -0.05) is 0 Å². The van der Waals surface area contributed by atoms with Gasteiger partial charge in [-0.2, -0.15) is 13.2 Å². The van der Waals surface area contributed by atoms with Crippen LogP contribution in [0.3, 0.4) is 0 Å². The van der Waals surface area contributed by atoms with Gasteiger partial charge in [0.1, 0.15) is 11.6 Å². The number of alkyl halides is 3. The smallest absolute Gasteiger partial charge is 0.373 e. The molecule has 0 aromatic carbocycles. The van der Waals surface area contributed by atoms with Gasteiger partial charge in [0.15, 0.2) is 0 Å². The molecule has 20 heavy (non-hydrogen) atoms. The minimum Gasteiger partial charge on any atom is -0.373 e. The van der Waals surface area contributed by atoms with Gasteiger partial charge in [0.05, 0.1) is 0 Å². The Balaban J connectivity index is 2.84. The molecule has 0 amide bonds. The van der Waals surface area contributed by atoms with Crippen LogP contribution in [-0.4, -0.2) is 48.6 Å². The van der Waals surface area contributed by atoms with E-state index in [1.807, 2.05) is 25.9 Å². The predicted molar refractivity (Wildman–Crippen MR) is 72.8 cm³/mol. The van der Waals surface area contributed by atoms with Crippen molar-refractivity contribution in [1.82, 2.24) is 14.9 Å². The molecule has 1 unspecified atom stereocenters. The van der Waals surface area contributed by atoms with Crippen LogP contribution in [0.1, 0.15) is 19.2 Å². The number of nitrogens with zero attached hydrogens (tertiary/aromatic N) is 3. The monoisotopic (exact) mass is 291 g/mol. The normalized spacial score (nSPS) is 13.4. The Kier molecular flexibility index (Phi) is 5.55. The van der Waals surface area contributed by atoms with Gasteiger partial charge in [0.25, 0.3) is 0 Å². The van der Waals surface area contributed by atoms with E-state index in [0.29, 0.717) is 0 Å². The molecule has 0 radical (unpaired) electrons. The Morgan fingerprint density at radius 1 is 1.25 bits per heavy atom. The van der Waals surface area contributed by atoms with Crippen molar-refractivity contribution in [3.63, 3.8) is 0 Å². The lowest BCUT2D eigenvalue weighted by atomic mass is 10.2. The maximum Gasteiger partial charge on any atom is 0.451 e. The quantitative estimate of drug-likeness (QED) is 0.842. The summed E-state index contributed by atoms with van der Waals surface area (Å²) < 4.78 is 38.1. The summed E-state index contributed by atoms with van der Waals surface area (Å²) in [4.78, 5) is 8.94. The fourth-order valence-corrected chi connectivity index (χ4v) is 1.55. The van der Waals surface area contributed by atoms with Crippen molar-refractivity contribution in [2.24, 2.45) is 0 Å². The van der Waals surface area contributed by atoms with E-state index in [1.165, 1.54) is 13.1 Å². The number of aromatic nitrogens is 2. The summed E-state index contributed by atoms with van der Waals surface area (Å²) in [7, 11) is 5.40. The van der Waals surface area contributed by atoms with Crippen molar-refractivity contribution in [1.29, 1.82) is 0 Å². The summed E-state index contributed by atoms with van der Waals surface area (Å²) in [5, 5.41) is 5.57. The minimum absolute atomic E-state index is 0.0121. The highest BCUT2D eigenvalue weighted by Crippen LogP contribution is 2.28. The fourth-order valence-electron chi connectivity index (χ4n) is 1.55. The van der Waals surface area contributed by atoms with Gasteiger partial charge >= 0.3 is 6.18 Å². The average Bonchev–Trinajstić information content (AvgIpc) is 2.34. The molecular formula is C12H20F3N5. The highest BCUT2D eigenvalue weighted by atomic mass is 19.4. The Bertz CT molecular complexity index is 434. The highest BCUT2D eigenvalue weighted by molar-refractivity contribution is 5.47. The lowest BCUT2D eigenvalue weighted by molar-refractivity contribution is -0.144. The first-order valence-corrected chi connectivity index (χ1v) is 6.27. The number of rotatable bonds is 6. The molecule has 0 saturated carbocycles. The molecular weight excluding hydrogens is 271 g/mol. The zero-order valence-electron chi connectivity index (χ0n) is 12.0. The Morgan fingerprint density at radius 3 is 2.35 bits per heavy atom. The highest BCUT2D eigenvalue weighted by Gasteiger charge is 2.35. The molecule has 0 spiro atoms. The Morgan fingerprint density at radius 2 is 1.85 bits per heavy atom. The van der Waals surface area contributed by atoms with Crippen molar-refractivity contribution in [2.75, 3.05) is 38.3 Å². The van der Waals surface area contributed by atoms with Gasteiger partial charge in [-0.25, -0.2) is 9.97 Å². The second-order valence-corrected chi connectivity index (χ2v) is 4.85. The molecule has 0 saturated heterocycles. The zero-order chi connectivity index (χ0) is 15.3. The van der Waals surface area contributed by atoms with Crippen LogP contribution in [0.15, 0.2) is 6.07 Å². The Labute approximate surface area is 116 Å². The van der Waals surface area contributed by atoms with E-state index in [9.17, 15) is 13.2 Å². The van der Waals surface area contributed by atoms with Crippen molar-refractivity contribution < 1.29 is 13.2 Å². The summed E-state index contributed by atoms with van der Waals surface area (Å²) in [6.45, 7) is 2.74. The topological polar surface area (TPSA) is 53.1 Å². The number of anilines is 2. The van der Waals surface area contributed by atoms with E-state index in [0.717, 1.165) is 13.0 Å². The van der Waals surface area contributed by atoms with Crippen LogP contribution in [0, 0.1) is 0 Å². The molecule has 8 heteroatoms. The van der Waals surface area contributed by atoms with Gasteiger partial charge in [0.2, 0.25) is 5.82 Å². The molecule has 0 bridgehead atoms. The molecule has 1 rings (SSSR count). The number of nitrogens with one attached hydrogen (secondary N) is 2. The third kappa shape index (κ3) is 5.20. The molecule has 1 heterocycles. The summed E-state index contributed by atoms with van der Waals surface area (Å²) in [5.74, 6) is -0.843. The SMILES string of the molecule is CNc1cc(NC(C)CCN(C)C)nc(C(F)(F)F)n1. The van der Waals surface area contributed by atoms with E-state index >= 15 is 0 Å². The lowest BCUT2D eigenvalue weighted by Gasteiger charge is -2.18. The van der Waals surface area contributed by atoms with Crippen LogP contribution < -0.4 is 10.6 Å². The van der Waals surface area contributed by atoms with Crippen molar-refractivity contribution in [3.05, 3.63) is 11.9 Å². The van der Waals surface area contributed by atoms with Gasteiger partial charge < -0.3 is 15.5 Å². The molecule has 1 aromatic rings. The summed E-state index contributed by atoms with van der Waals surface area (Å²) in [6.07, 6.45) is -3.76. The molecule has 0 fully saturated rings. The van der Waals surface area contributed by atoms with Crippen molar-refractivity contribution in [2.45, 2.75) is 25.6 Å². The van der Waals surface area contributed by atoms with Crippen LogP contribution in [0.4, 0.5) is 24.8 Å². The number of hydrogen-bond acceptors (Lipinski definition) is 5. The first kappa shape index (κ1) is 16.5. The van der Waals surface area contributed by atoms with Crippen LogP contribution >= 0.6 is 0 Å². The van der Waals surface area contributed by atoms with Crippen molar-refractivity contribution >= 4 is 11.6 Å². The standard InChI is InChI=1S/C12H20F3N5/c1-8(5-6-20(3)4)17-10-7-9(16-2)18-11(19-10)12(13,14)15/h7-8H,5-6H2,1-4H3,(H2,16,17,18,19). The molecule has 0 aliphatic rings. The van der Waals surface area contributed by atoms with Crippen LogP contribution in [0.25, 0.3) is 0 Å². The summed E-state index contributed by atoms with van der Waals surface area (Å²) in [6, 6.07) is 1.47. The summed E-state index contributed by atoms with van der Waals surface area (Å²) >= 11 is 0. The van der Waals surface area contributed by atoms with Crippen LogP contribution in [-0.2, 0) is 6.18 Å². The first-order valence-electron chi connectivity index (χ1n) is 6.27. The number of halogens is 3. The molecule has 0 aliphatic heterocycles. The van der Waals surface area contributed by atoms with E-state index in [4.69, 9.17) is 0 Å². The third-order valence-electron chi connectivity index (χ3n) is 2.64. The van der Waals surface area contributed by atoms with Gasteiger partial charge in [-0.05, 0) is 34.0 Å². The predicted octanol–water partition coefficient (Wildman–Crippen LogP) is 2.29. The van der Waals surface area contributed by atoms with E-state index in [-0.39, 0.29) is 17.7 Å².